The summed E-state index contributed by atoms with van der Waals surface area (Å²) in [6.07, 6.45) is 3.77. The maximum absolute atomic E-state index is 13.2. The first-order chi connectivity index (χ1) is 13.4. The molecule has 0 aliphatic heterocycles. The number of anilines is 1. The molecular formula is C17H22N6O4S. The van der Waals surface area contributed by atoms with Crippen LogP contribution < -0.4 is 14.2 Å². The Balaban J connectivity index is 2.10. The van der Waals surface area contributed by atoms with Gasteiger partial charge in [-0.2, -0.15) is 5.10 Å². The minimum Gasteiger partial charge on any atom is -0.497 e. The van der Waals surface area contributed by atoms with E-state index in [1.165, 1.54) is 32.9 Å². The monoisotopic (exact) mass is 406 g/mol. The summed E-state index contributed by atoms with van der Waals surface area (Å²) in [5, 5.41) is 12.1. The quantitative estimate of drug-likeness (QED) is 0.609. The van der Waals surface area contributed by atoms with E-state index in [1.807, 2.05) is 6.92 Å². The second-order valence-electron chi connectivity index (χ2n) is 6.00. The van der Waals surface area contributed by atoms with Crippen LogP contribution >= 0.6 is 0 Å². The predicted octanol–water partition coefficient (Wildman–Crippen LogP) is 2.00. The van der Waals surface area contributed by atoms with Gasteiger partial charge in [0.15, 0.2) is 5.82 Å². The summed E-state index contributed by atoms with van der Waals surface area (Å²) in [6, 6.07) is 4.58. The highest BCUT2D eigenvalue weighted by molar-refractivity contribution is 7.92. The van der Waals surface area contributed by atoms with Crippen LogP contribution in [0, 0.1) is 6.92 Å². The van der Waals surface area contributed by atoms with Crippen molar-refractivity contribution in [3.05, 3.63) is 36.5 Å². The highest BCUT2D eigenvalue weighted by Gasteiger charge is 2.26. The Morgan fingerprint density at radius 1 is 1.14 bits per heavy atom. The topological polar surface area (TPSA) is 113 Å². The average Bonchev–Trinajstić information content (AvgIpc) is 3.31. The van der Waals surface area contributed by atoms with Crippen molar-refractivity contribution in [2.75, 3.05) is 18.9 Å². The minimum absolute atomic E-state index is 0.0355. The van der Waals surface area contributed by atoms with Gasteiger partial charge in [0.2, 0.25) is 0 Å². The molecule has 150 valence electrons. The molecule has 10 nitrogen and oxygen atoms in total. The molecule has 2 heterocycles. The van der Waals surface area contributed by atoms with Gasteiger partial charge >= 0.3 is 0 Å². The lowest BCUT2D eigenvalue weighted by Crippen LogP contribution is -2.16. The molecule has 0 saturated carbocycles. The van der Waals surface area contributed by atoms with Crippen molar-refractivity contribution in [3.8, 4) is 17.3 Å². The molecule has 0 fully saturated rings. The zero-order valence-electron chi connectivity index (χ0n) is 16.1. The van der Waals surface area contributed by atoms with E-state index in [4.69, 9.17) is 9.47 Å². The number of methoxy groups -OCH3 is 2. The van der Waals surface area contributed by atoms with Gasteiger partial charge in [-0.05, 0) is 25.5 Å². The number of benzene rings is 1. The zero-order chi connectivity index (χ0) is 20.3. The largest absolute Gasteiger partial charge is 0.497 e. The Morgan fingerprint density at radius 2 is 1.86 bits per heavy atom. The standard InChI is InChI=1S/C17H22N6O4S/c1-5-8-23-12(2)16(17(20-23)22-10-18-19-11-22)21-28(24,25)15-9-13(26-3)6-7-14(15)27-4/h6-7,9-11,21H,5,8H2,1-4H3. The zero-order valence-corrected chi connectivity index (χ0v) is 16.9. The maximum Gasteiger partial charge on any atom is 0.265 e. The highest BCUT2D eigenvalue weighted by atomic mass is 32.2. The molecule has 0 saturated heterocycles. The molecule has 11 heteroatoms. The second-order valence-corrected chi connectivity index (χ2v) is 7.65. The Labute approximate surface area is 163 Å². The van der Waals surface area contributed by atoms with E-state index < -0.39 is 10.0 Å². The van der Waals surface area contributed by atoms with E-state index in [0.29, 0.717) is 29.5 Å². The van der Waals surface area contributed by atoms with Gasteiger partial charge in [0.1, 0.15) is 34.7 Å². The first kappa shape index (κ1) is 19.7. The number of hydrogen-bond acceptors (Lipinski definition) is 7. The predicted molar refractivity (Wildman–Crippen MR) is 103 cm³/mol. The fourth-order valence-corrected chi connectivity index (χ4v) is 4.06. The van der Waals surface area contributed by atoms with E-state index in [9.17, 15) is 8.42 Å². The van der Waals surface area contributed by atoms with Crippen LogP contribution in [-0.4, -0.2) is 47.2 Å². The molecular weight excluding hydrogens is 384 g/mol. The van der Waals surface area contributed by atoms with E-state index in [0.717, 1.165) is 6.42 Å². The van der Waals surface area contributed by atoms with Crippen molar-refractivity contribution < 1.29 is 17.9 Å². The molecule has 0 atom stereocenters. The van der Waals surface area contributed by atoms with Crippen LogP contribution in [0.4, 0.5) is 5.69 Å². The fraction of sp³-hybridized carbons (Fsp3) is 0.353. The first-order valence-corrected chi connectivity index (χ1v) is 10.1. The van der Waals surface area contributed by atoms with Crippen molar-refractivity contribution >= 4 is 15.7 Å². The average molecular weight is 406 g/mol. The molecule has 0 spiro atoms. The smallest absolute Gasteiger partial charge is 0.265 e. The van der Waals surface area contributed by atoms with Gasteiger partial charge in [-0.3, -0.25) is 14.0 Å². The lowest BCUT2D eigenvalue weighted by Gasteiger charge is -2.13. The molecule has 3 rings (SSSR count). The summed E-state index contributed by atoms with van der Waals surface area (Å²) in [4.78, 5) is -0.0355. The van der Waals surface area contributed by atoms with E-state index in [-0.39, 0.29) is 10.6 Å². The lowest BCUT2D eigenvalue weighted by molar-refractivity contribution is 0.392. The van der Waals surface area contributed by atoms with E-state index in [1.54, 1.807) is 28.3 Å². The van der Waals surface area contributed by atoms with E-state index in [2.05, 4.69) is 20.0 Å². The third-order valence-electron chi connectivity index (χ3n) is 4.18. The van der Waals surface area contributed by atoms with Crippen LogP contribution in [0.15, 0.2) is 35.7 Å². The molecule has 0 aliphatic rings. The van der Waals surface area contributed by atoms with Crippen molar-refractivity contribution in [1.82, 2.24) is 24.5 Å². The molecule has 1 aromatic carbocycles. The number of nitrogens with one attached hydrogen (secondary N) is 1. The van der Waals surface area contributed by atoms with Crippen LogP contribution in [0.1, 0.15) is 19.0 Å². The molecule has 0 amide bonds. The number of nitrogens with zero attached hydrogens (tertiary/aromatic N) is 5. The first-order valence-electron chi connectivity index (χ1n) is 8.58. The SMILES string of the molecule is CCCn1nc(-n2cnnc2)c(NS(=O)(=O)c2cc(OC)ccc2OC)c1C. The van der Waals surface area contributed by atoms with Crippen LogP contribution in [0.5, 0.6) is 11.5 Å². The Morgan fingerprint density at radius 3 is 2.46 bits per heavy atom. The summed E-state index contributed by atoms with van der Waals surface area (Å²) in [5.74, 6) is 0.998. The molecule has 0 aliphatic carbocycles. The number of ether oxygens (including phenoxy) is 2. The van der Waals surface area contributed by atoms with Crippen LogP contribution in [-0.2, 0) is 16.6 Å². The molecule has 28 heavy (non-hydrogen) atoms. The molecule has 0 unspecified atom stereocenters. The van der Waals surface area contributed by atoms with Gasteiger partial charge < -0.3 is 9.47 Å². The van der Waals surface area contributed by atoms with Crippen molar-refractivity contribution in [2.24, 2.45) is 0 Å². The van der Waals surface area contributed by atoms with Crippen LogP contribution in [0.3, 0.4) is 0 Å². The summed E-state index contributed by atoms with van der Waals surface area (Å²) >= 11 is 0. The van der Waals surface area contributed by atoms with Crippen LogP contribution in [0.25, 0.3) is 5.82 Å². The van der Waals surface area contributed by atoms with Crippen molar-refractivity contribution in [1.29, 1.82) is 0 Å². The molecule has 0 bridgehead atoms. The summed E-state index contributed by atoms with van der Waals surface area (Å²) in [6.45, 7) is 4.47. The van der Waals surface area contributed by atoms with Gasteiger partial charge in [0.25, 0.3) is 10.0 Å². The highest BCUT2D eigenvalue weighted by Crippen LogP contribution is 2.32. The van der Waals surface area contributed by atoms with Gasteiger partial charge in [0, 0.05) is 12.6 Å². The van der Waals surface area contributed by atoms with Gasteiger partial charge in [-0.1, -0.05) is 6.92 Å². The minimum atomic E-state index is -3.99. The number of aromatic nitrogens is 5. The third kappa shape index (κ3) is 3.65. The maximum atomic E-state index is 13.2. The van der Waals surface area contributed by atoms with Gasteiger partial charge in [0.05, 0.1) is 19.9 Å². The Hall–Kier alpha value is -3.08. The normalized spacial score (nSPS) is 11.4. The summed E-state index contributed by atoms with van der Waals surface area (Å²) in [5.41, 5.74) is 1.02. The summed E-state index contributed by atoms with van der Waals surface area (Å²) < 4.78 is 42.7. The molecule has 1 N–H and O–H groups in total. The Kier molecular flexibility index (Phi) is 5.54. The van der Waals surface area contributed by atoms with Crippen molar-refractivity contribution in [2.45, 2.75) is 31.7 Å². The Bertz CT molecular complexity index is 1060. The van der Waals surface area contributed by atoms with Gasteiger partial charge in [-0.15, -0.1) is 10.2 Å². The van der Waals surface area contributed by atoms with Crippen molar-refractivity contribution in [3.63, 3.8) is 0 Å². The lowest BCUT2D eigenvalue weighted by atomic mass is 10.3. The number of hydrogen-bond donors (Lipinski definition) is 1. The summed E-state index contributed by atoms with van der Waals surface area (Å²) in [7, 11) is -1.11. The number of aryl methyl sites for hydroxylation is 1. The van der Waals surface area contributed by atoms with Crippen LogP contribution in [0.2, 0.25) is 0 Å². The second kappa shape index (κ2) is 7.89. The molecule has 0 radical (unpaired) electrons. The number of rotatable bonds is 8. The van der Waals surface area contributed by atoms with E-state index >= 15 is 0 Å². The van der Waals surface area contributed by atoms with Gasteiger partial charge in [-0.25, -0.2) is 8.42 Å². The fourth-order valence-electron chi connectivity index (χ4n) is 2.75. The molecule has 3 aromatic rings. The number of sulfonamides is 1. The molecule has 2 aromatic heterocycles. The third-order valence-corrected chi connectivity index (χ3v) is 5.55.